The van der Waals surface area contributed by atoms with Crippen molar-refractivity contribution in [2.45, 2.75) is 45.2 Å². The molecule has 2 rings (SSSR count). The normalized spacial score (nSPS) is 15.3. The van der Waals surface area contributed by atoms with Gasteiger partial charge in [-0.25, -0.2) is 0 Å². The second-order valence-corrected chi connectivity index (χ2v) is 5.37. The molecule has 0 bridgehead atoms. The number of primary amides is 1. The summed E-state index contributed by atoms with van der Waals surface area (Å²) in [7, 11) is 0. The first-order chi connectivity index (χ1) is 9.06. The Morgan fingerprint density at radius 3 is 2.79 bits per heavy atom. The Hall–Kier alpha value is -1.55. The van der Waals surface area contributed by atoms with Crippen molar-refractivity contribution in [2.24, 2.45) is 5.73 Å². The molecule has 0 saturated carbocycles. The Bertz CT molecular complexity index is 457. The van der Waals surface area contributed by atoms with E-state index in [1.54, 1.807) is 0 Å². The van der Waals surface area contributed by atoms with Gasteiger partial charge in [-0.1, -0.05) is 19.9 Å². The minimum absolute atomic E-state index is 0.195. The fraction of sp³-hybridized carbons (Fsp3) is 0.533. The fourth-order valence-corrected chi connectivity index (χ4v) is 2.43. The second kappa shape index (κ2) is 6.06. The van der Waals surface area contributed by atoms with Crippen LogP contribution < -0.4 is 15.8 Å². The molecular formula is C15H22N2O2. The van der Waals surface area contributed by atoms with Crippen LogP contribution in [-0.4, -0.2) is 24.6 Å². The number of carbonyl (C=O) groups excluding carboxylic acids is 1. The van der Waals surface area contributed by atoms with Gasteiger partial charge in [0.1, 0.15) is 18.4 Å². The molecule has 0 aliphatic heterocycles. The number of ether oxygens (including phenoxy) is 1. The van der Waals surface area contributed by atoms with E-state index in [2.05, 4.69) is 17.4 Å². The molecule has 0 saturated heterocycles. The number of rotatable bonds is 6. The lowest BCUT2D eigenvalue weighted by atomic mass is 10.1. The molecule has 0 aromatic heterocycles. The van der Waals surface area contributed by atoms with Crippen LogP contribution in [0, 0.1) is 0 Å². The highest BCUT2D eigenvalue weighted by atomic mass is 16.5. The van der Waals surface area contributed by atoms with Gasteiger partial charge in [-0.05, 0) is 42.5 Å². The second-order valence-electron chi connectivity index (χ2n) is 5.37. The van der Waals surface area contributed by atoms with Crippen molar-refractivity contribution in [2.75, 3.05) is 6.61 Å². The summed E-state index contributed by atoms with van der Waals surface area (Å²) in [6.45, 7) is 4.23. The summed E-state index contributed by atoms with van der Waals surface area (Å²) in [6, 6.07) is 5.91. The molecule has 1 aliphatic rings. The van der Waals surface area contributed by atoms with E-state index in [4.69, 9.17) is 10.5 Å². The summed E-state index contributed by atoms with van der Waals surface area (Å²) in [5.41, 5.74) is 8.14. The smallest absolute Gasteiger partial charge is 0.238 e. The Kier molecular flexibility index (Phi) is 4.43. The number of carbonyl (C=O) groups is 1. The van der Waals surface area contributed by atoms with Crippen LogP contribution in [0.2, 0.25) is 0 Å². The largest absolute Gasteiger partial charge is 0.491 e. The van der Waals surface area contributed by atoms with E-state index in [1.807, 2.05) is 19.9 Å². The minimum Gasteiger partial charge on any atom is -0.491 e. The predicted octanol–water partition coefficient (Wildman–Crippen LogP) is 1.41. The van der Waals surface area contributed by atoms with E-state index in [0.717, 1.165) is 18.6 Å². The van der Waals surface area contributed by atoms with Gasteiger partial charge >= 0.3 is 0 Å². The highest BCUT2D eigenvalue weighted by molar-refractivity contribution is 5.80. The van der Waals surface area contributed by atoms with Gasteiger partial charge < -0.3 is 15.8 Å². The zero-order chi connectivity index (χ0) is 13.8. The minimum atomic E-state index is -0.451. The van der Waals surface area contributed by atoms with Crippen LogP contribution in [0.25, 0.3) is 0 Å². The number of fused-ring (bicyclic) bond motifs is 1. The van der Waals surface area contributed by atoms with E-state index >= 15 is 0 Å². The van der Waals surface area contributed by atoms with Crippen LogP contribution in [0.3, 0.4) is 0 Å². The molecule has 0 radical (unpaired) electrons. The van der Waals surface area contributed by atoms with E-state index in [9.17, 15) is 4.79 Å². The van der Waals surface area contributed by atoms with Gasteiger partial charge in [0.15, 0.2) is 0 Å². The number of aryl methyl sites for hydroxylation is 2. The van der Waals surface area contributed by atoms with Gasteiger partial charge in [-0.15, -0.1) is 0 Å². The monoisotopic (exact) mass is 262 g/mol. The molecule has 0 fully saturated rings. The molecule has 0 heterocycles. The van der Waals surface area contributed by atoms with E-state index in [1.165, 1.54) is 17.5 Å². The molecule has 1 atom stereocenters. The molecule has 4 nitrogen and oxygen atoms in total. The van der Waals surface area contributed by atoms with Gasteiger partial charge in [-0.2, -0.15) is 0 Å². The van der Waals surface area contributed by atoms with Crippen LogP contribution in [0.4, 0.5) is 0 Å². The Balaban J connectivity index is 1.95. The first kappa shape index (κ1) is 13.9. The lowest BCUT2D eigenvalue weighted by Crippen LogP contribution is -2.48. The van der Waals surface area contributed by atoms with Crippen LogP contribution in [0.1, 0.15) is 31.4 Å². The summed E-state index contributed by atoms with van der Waals surface area (Å²) in [4.78, 5) is 11.3. The lowest BCUT2D eigenvalue weighted by molar-refractivity contribution is -0.120. The number of benzene rings is 1. The maximum absolute atomic E-state index is 11.3. The number of nitrogens with two attached hydrogens (primary N) is 1. The van der Waals surface area contributed by atoms with Crippen molar-refractivity contribution in [3.63, 3.8) is 0 Å². The highest BCUT2D eigenvalue weighted by Gasteiger charge is 2.17. The average Bonchev–Trinajstić information content (AvgIpc) is 2.80. The SMILES string of the molecule is CC(C)NC(COc1ccc2c(c1)CCC2)C(N)=O. The zero-order valence-corrected chi connectivity index (χ0v) is 11.6. The van der Waals surface area contributed by atoms with E-state index in [-0.39, 0.29) is 18.6 Å². The molecule has 104 valence electrons. The number of hydrogen-bond donors (Lipinski definition) is 2. The molecular weight excluding hydrogens is 240 g/mol. The van der Waals surface area contributed by atoms with Gasteiger partial charge in [0.2, 0.25) is 5.91 Å². The highest BCUT2D eigenvalue weighted by Crippen LogP contribution is 2.26. The Labute approximate surface area is 114 Å². The number of hydrogen-bond acceptors (Lipinski definition) is 3. The Morgan fingerprint density at radius 1 is 1.37 bits per heavy atom. The maximum atomic E-state index is 11.3. The molecule has 1 aliphatic carbocycles. The van der Waals surface area contributed by atoms with Crippen LogP contribution in [-0.2, 0) is 17.6 Å². The number of amides is 1. The Morgan fingerprint density at radius 2 is 2.11 bits per heavy atom. The van der Waals surface area contributed by atoms with Gasteiger partial charge in [-0.3, -0.25) is 4.79 Å². The molecule has 4 heteroatoms. The molecule has 1 unspecified atom stereocenters. The van der Waals surface area contributed by atoms with Crippen LogP contribution in [0.15, 0.2) is 18.2 Å². The van der Waals surface area contributed by atoms with E-state index in [0.29, 0.717) is 0 Å². The topological polar surface area (TPSA) is 64.3 Å². The molecule has 3 N–H and O–H groups in total. The van der Waals surface area contributed by atoms with Crippen molar-refractivity contribution in [1.29, 1.82) is 0 Å². The third-order valence-corrected chi connectivity index (χ3v) is 3.36. The lowest BCUT2D eigenvalue weighted by Gasteiger charge is -2.19. The third-order valence-electron chi connectivity index (χ3n) is 3.36. The third kappa shape index (κ3) is 3.70. The quantitative estimate of drug-likeness (QED) is 0.814. The predicted molar refractivity (Wildman–Crippen MR) is 75.2 cm³/mol. The molecule has 1 amide bonds. The first-order valence-electron chi connectivity index (χ1n) is 6.86. The van der Waals surface area contributed by atoms with Crippen LogP contribution in [0.5, 0.6) is 5.75 Å². The van der Waals surface area contributed by atoms with Crippen LogP contribution >= 0.6 is 0 Å². The fourth-order valence-electron chi connectivity index (χ4n) is 2.43. The molecule has 1 aromatic rings. The molecule has 0 spiro atoms. The summed E-state index contributed by atoms with van der Waals surface area (Å²) < 4.78 is 5.69. The number of nitrogens with one attached hydrogen (secondary N) is 1. The van der Waals surface area contributed by atoms with Crippen molar-refractivity contribution in [3.05, 3.63) is 29.3 Å². The van der Waals surface area contributed by atoms with Crippen molar-refractivity contribution >= 4 is 5.91 Å². The maximum Gasteiger partial charge on any atom is 0.238 e. The van der Waals surface area contributed by atoms with Gasteiger partial charge in [0.05, 0.1) is 0 Å². The first-order valence-corrected chi connectivity index (χ1v) is 6.86. The molecule has 1 aromatic carbocycles. The summed E-state index contributed by atoms with van der Waals surface area (Å²) in [6.07, 6.45) is 3.50. The zero-order valence-electron chi connectivity index (χ0n) is 11.6. The standard InChI is InChI=1S/C15H22N2O2/c1-10(2)17-14(15(16)18)9-19-13-7-6-11-4-3-5-12(11)8-13/h6-8,10,14,17H,3-5,9H2,1-2H3,(H2,16,18). The van der Waals surface area contributed by atoms with Crippen molar-refractivity contribution in [3.8, 4) is 5.75 Å². The van der Waals surface area contributed by atoms with Gasteiger partial charge in [0, 0.05) is 6.04 Å². The van der Waals surface area contributed by atoms with E-state index < -0.39 is 6.04 Å². The van der Waals surface area contributed by atoms with Gasteiger partial charge in [0.25, 0.3) is 0 Å². The average molecular weight is 262 g/mol. The van der Waals surface area contributed by atoms with Crippen molar-refractivity contribution < 1.29 is 9.53 Å². The summed E-state index contributed by atoms with van der Waals surface area (Å²) in [5, 5.41) is 3.10. The molecule has 19 heavy (non-hydrogen) atoms. The van der Waals surface area contributed by atoms with Crippen molar-refractivity contribution in [1.82, 2.24) is 5.32 Å². The summed E-state index contributed by atoms with van der Waals surface area (Å²) >= 11 is 0. The summed E-state index contributed by atoms with van der Waals surface area (Å²) in [5.74, 6) is 0.437.